The van der Waals surface area contributed by atoms with Crippen molar-refractivity contribution in [2.24, 2.45) is 0 Å². The average molecular weight is 433 g/mol. The lowest BCUT2D eigenvalue weighted by molar-refractivity contribution is 0.417. The van der Waals surface area contributed by atoms with Gasteiger partial charge in [0, 0.05) is 5.69 Å². The summed E-state index contributed by atoms with van der Waals surface area (Å²) >= 11 is 0. The monoisotopic (exact) mass is 432 g/mol. The Morgan fingerprint density at radius 2 is 1.21 bits per heavy atom. The minimum Gasteiger partial charge on any atom is -0.495 e. The quantitative estimate of drug-likeness (QED) is 0.594. The van der Waals surface area contributed by atoms with E-state index in [0.717, 1.165) is 5.56 Å². The minimum atomic E-state index is -3.87. The lowest BCUT2D eigenvalue weighted by atomic mass is 10.2. The Morgan fingerprint density at radius 1 is 0.690 bits per heavy atom. The van der Waals surface area contributed by atoms with Gasteiger partial charge in [-0.2, -0.15) is 0 Å². The first-order chi connectivity index (χ1) is 13.7. The van der Waals surface area contributed by atoms with Gasteiger partial charge in [-0.15, -0.1) is 0 Å². The van der Waals surface area contributed by atoms with Crippen molar-refractivity contribution in [2.75, 3.05) is 16.6 Å². The zero-order valence-electron chi connectivity index (χ0n) is 15.8. The first-order valence-electron chi connectivity index (χ1n) is 8.57. The van der Waals surface area contributed by atoms with Crippen LogP contribution in [0.25, 0.3) is 0 Å². The molecule has 7 nitrogen and oxygen atoms in total. The van der Waals surface area contributed by atoms with E-state index in [1.807, 2.05) is 6.92 Å². The predicted octanol–water partition coefficient (Wildman–Crippen LogP) is 3.61. The van der Waals surface area contributed by atoms with Gasteiger partial charge in [-0.1, -0.05) is 29.8 Å². The Kier molecular flexibility index (Phi) is 5.81. The molecule has 0 aromatic heterocycles. The maximum Gasteiger partial charge on any atom is 0.262 e. The van der Waals surface area contributed by atoms with Crippen LogP contribution in [0.1, 0.15) is 5.56 Å². The van der Waals surface area contributed by atoms with Crippen molar-refractivity contribution in [3.63, 3.8) is 0 Å². The molecule has 0 spiro atoms. The molecule has 0 atom stereocenters. The summed E-state index contributed by atoms with van der Waals surface area (Å²) < 4.78 is 60.2. The number of anilines is 2. The fourth-order valence-corrected chi connectivity index (χ4v) is 4.70. The van der Waals surface area contributed by atoms with Crippen LogP contribution in [0.15, 0.2) is 82.6 Å². The third-order valence-electron chi connectivity index (χ3n) is 4.10. The third-order valence-corrected chi connectivity index (χ3v) is 6.88. The van der Waals surface area contributed by atoms with Gasteiger partial charge in [0.15, 0.2) is 0 Å². The number of rotatable bonds is 7. The number of nitrogens with one attached hydrogen (secondary N) is 2. The SMILES string of the molecule is COc1ccccc1NS(=O)(=O)c1ccc(NS(=O)(=O)c2ccc(C)cc2)cc1. The van der Waals surface area contributed by atoms with Crippen molar-refractivity contribution in [3.05, 3.63) is 78.4 Å². The summed E-state index contributed by atoms with van der Waals surface area (Å²) in [4.78, 5) is 0.110. The molecule has 0 saturated heterocycles. The number of hydrogen-bond donors (Lipinski definition) is 2. The molecule has 3 rings (SSSR count). The number of para-hydroxylation sites is 2. The van der Waals surface area contributed by atoms with Crippen LogP contribution < -0.4 is 14.2 Å². The van der Waals surface area contributed by atoms with Crippen molar-refractivity contribution < 1.29 is 21.6 Å². The van der Waals surface area contributed by atoms with Crippen LogP contribution in [0.4, 0.5) is 11.4 Å². The number of aryl methyl sites for hydroxylation is 1. The molecule has 0 aliphatic heterocycles. The third kappa shape index (κ3) is 4.87. The van der Waals surface area contributed by atoms with E-state index in [-0.39, 0.29) is 15.5 Å². The summed E-state index contributed by atoms with van der Waals surface area (Å²) in [5.74, 6) is 0.388. The maximum absolute atomic E-state index is 12.6. The smallest absolute Gasteiger partial charge is 0.262 e. The number of benzene rings is 3. The predicted molar refractivity (Wildman–Crippen MR) is 112 cm³/mol. The normalized spacial score (nSPS) is 11.7. The molecule has 0 heterocycles. The van der Waals surface area contributed by atoms with Crippen molar-refractivity contribution in [2.45, 2.75) is 16.7 Å². The molecule has 152 valence electrons. The van der Waals surface area contributed by atoms with E-state index in [2.05, 4.69) is 9.44 Å². The lowest BCUT2D eigenvalue weighted by Crippen LogP contribution is -2.15. The molecular formula is C20H20N2O5S2. The van der Waals surface area contributed by atoms with Crippen molar-refractivity contribution in [1.29, 1.82) is 0 Å². The van der Waals surface area contributed by atoms with Crippen LogP contribution >= 0.6 is 0 Å². The van der Waals surface area contributed by atoms with E-state index in [0.29, 0.717) is 11.4 Å². The van der Waals surface area contributed by atoms with E-state index >= 15 is 0 Å². The Hall–Kier alpha value is -3.04. The summed E-state index contributed by atoms with van der Waals surface area (Å²) in [5, 5.41) is 0. The van der Waals surface area contributed by atoms with E-state index in [9.17, 15) is 16.8 Å². The highest BCUT2D eigenvalue weighted by molar-refractivity contribution is 7.93. The minimum absolute atomic E-state index is 0.0123. The zero-order chi connectivity index (χ0) is 21.1. The van der Waals surface area contributed by atoms with Gasteiger partial charge in [-0.25, -0.2) is 16.8 Å². The maximum atomic E-state index is 12.6. The van der Waals surface area contributed by atoms with E-state index in [1.54, 1.807) is 36.4 Å². The fourth-order valence-electron chi connectivity index (χ4n) is 2.57. The highest BCUT2D eigenvalue weighted by Gasteiger charge is 2.18. The number of hydrogen-bond acceptors (Lipinski definition) is 5. The first kappa shape index (κ1) is 20.7. The molecule has 9 heteroatoms. The molecule has 3 aromatic rings. The molecule has 0 unspecified atom stereocenters. The molecule has 0 bridgehead atoms. The molecule has 0 aliphatic carbocycles. The Balaban J connectivity index is 1.79. The standard InChI is InChI=1S/C20H20N2O5S2/c1-15-7-11-17(12-8-15)28(23,24)21-16-9-13-18(14-10-16)29(25,26)22-19-5-3-4-6-20(19)27-2/h3-14,21-22H,1-2H3. The van der Waals surface area contributed by atoms with Crippen LogP contribution in [0.2, 0.25) is 0 Å². The Labute approximate surface area is 170 Å². The van der Waals surface area contributed by atoms with Gasteiger partial charge in [-0.05, 0) is 55.5 Å². The summed E-state index contributed by atoms with van der Waals surface area (Å²) in [7, 11) is -6.19. The van der Waals surface area contributed by atoms with E-state index < -0.39 is 20.0 Å². The van der Waals surface area contributed by atoms with E-state index in [1.165, 1.54) is 43.5 Å². The molecule has 0 aliphatic rings. The van der Waals surface area contributed by atoms with Gasteiger partial charge < -0.3 is 4.74 Å². The van der Waals surface area contributed by atoms with Gasteiger partial charge in [0.2, 0.25) is 0 Å². The van der Waals surface area contributed by atoms with Crippen LogP contribution in [0.3, 0.4) is 0 Å². The summed E-state index contributed by atoms with van der Waals surface area (Å²) in [6.07, 6.45) is 0. The zero-order valence-corrected chi connectivity index (χ0v) is 17.4. The van der Waals surface area contributed by atoms with Crippen molar-refractivity contribution in [3.8, 4) is 5.75 Å². The molecule has 0 fully saturated rings. The summed E-state index contributed by atoms with van der Waals surface area (Å²) in [6.45, 7) is 1.86. The highest BCUT2D eigenvalue weighted by Crippen LogP contribution is 2.26. The topological polar surface area (TPSA) is 102 Å². The van der Waals surface area contributed by atoms with Crippen molar-refractivity contribution >= 4 is 31.4 Å². The largest absolute Gasteiger partial charge is 0.495 e. The van der Waals surface area contributed by atoms with Crippen LogP contribution in [0, 0.1) is 6.92 Å². The molecule has 29 heavy (non-hydrogen) atoms. The van der Waals surface area contributed by atoms with Gasteiger partial charge in [0.1, 0.15) is 5.75 Å². The van der Waals surface area contributed by atoms with E-state index in [4.69, 9.17) is 4.74 Å². The second-order valence-corrected chi connectivity index (χ2v) is 9.61. The van der Waals surface area contributed by atoms with Crippen molar-refractivity contribution in [1.82, 2.24) is 0 Å². The Morgan fingerprint density at radius 3 is 1.79 bits per heavy atom. The number of sulfonamides is 2. The molecule has 0 amide bonds. The molecular weight excluding hydrogens is 412 g/mol. The second-order valence-electron chi connectivity index (χ2n) is 6.25. The molecule has 3 aromatic carbocycles. The lowest BCUT2D eigenvalue weighted by Gasteiger charge is -2.12. The Bertz CT molecular complexity index is 1200. The number of methoxy groups -OCH3 is 1. The molecule has 0 saturated carbocycles. The van der Waals surface area contributed by atoms with Gasteiger partial charge >= 0.3 is 0 Å². The first-order valence-corrected chi connectivity index (χ1v) is 11.5. The van der Waals surface area contributed by atoms with Gasteiger partial charge in [0.05, 0.1) is 22.6 Å². The average Bonchev–Trinajstić information content (AvgIpc) is 2.68. The summed E-state index contributed by atoms with van der Waals surface area (Å²) in [5.41, 5.74) is 1.50. The number of ether oxygens (including phenoxy) is 1. The highest BCUT2D eigenvalue weighted by atomic mass is 32.2. The molecule has 2 N–H and O–H groups in total. The fraction of sp³-hybridized carbons (Fsp3) is 0.100. The second kappa shape index (κ2) is 8.14. The van der Waals surface area contributed by atoms with Crippen LogP contribution in [-0.2, 0) is 20.0 Å². The van der Waals surface area contributed by atoms with Gasteiger partial charge in [0.25, 0.3) is 20.0 Å². The van der Waals surface area contributed by atoms with Gasteiger partial charge in [-0.3, -0.25) is 9.44 Å². The molecule has 0 radical (unpaired) electrons. The van der Waals surface area contributed by atoms with Crippen LogP contribution in [0.5, 0.6) is 5.75 Å². The van der Waals surface area contributed by atoms with Crippen LogP contribution in [-0.4, -0.2) is 23.9 Å². The summed E-state index contributed by atoms with van der Waals surface area (Å²) in [6, 6.07) is 18.5.